The Balaban J connectivity index is 1.95. The lowest BCUT2D eigenvalue weighted by Crippen LogP contribution is -2.37. The van der Waals surface area contributed by atoms with E-state index in [9.17, 15) is 4.79 Å². The maximum Gasteiger partial charge on any atom is 0.226 e. The van der Waals surface area contributed by atoms with Crippen LogP contribution >= 0.6 is 0 Å². The largest absolute Gasteiger partial charge is 0.359 e. The maximum absolute atomic E-state index is 12.2. The molecule has 0 saturated carbocycles. The summed E-state index contributed by atoms with van der Waals surface area (Å²) in [6, 6.07) is 11.2. The molecule has 0 aliphatic heterocycles. The van der Waals surface area contributed by atoms with Crippen molar-refractivity contribution in [2.24, 2.45) is 5.41 Å². The van der Waals surface area contributed by atoms with Crippen LogP contribution in [0.5, 0.6) is 0 Å². The quantitative estimate of drug-likeness (QED) is 0.911. The molecule has 0 fully saturated rings. The van der Waals surface area contributed by atoms with Crippen molar-refractivity contribution in [1.29, 1.82) is 0 Å². The molecule has 0 aromatic heterocycles. The molecule has 1 aliphatic rings. The van der Waals surface area contributed by atoms with Gasteiger partial charge >= 0.3 is 0 Å². The topological polar surface area (TPSA) is 41.1 Å². The Labute approximate surface area is 132 Å². The molecule has 3 rings (SSSR count). The van der Waals surface area contributed by atoms with Crippen LogP contribution in [0.1, 0.15) is 30.5 Å². The number of amides is 1. The molecule has 0 radical (unpaired) electrons. The molecule has 1 unspecified atom stereocenters. The Morgan fingerprint density at radius 1 is 1.14 bits per heavy atom. The van der Waals surface area contributed by atoms with Crippen LogP contribution in [0.15, 0.2) is 30.3 Å². The second kappa shape index (κ2) is 5.73. The van der Waals surface area contributed by atoms with E-state index in [1.54, 1.807) is 7.05 Å². The second-order valence-electron chi connectivity index (χ2n) is 6.58. The van der Waals surface area contributed by atoms with Gasteiger partial charge in [-0.3, -0.25) is 4.79 Å². The lowest BCUT2D eigenvalue weighted by molar-refractivity contribution is -0.129. The van der Waals surface area contributed by atoms with Gasteiger partial charge in [-0.15, -0.1) is 0 Å². The summed E-state index contributed by atoms with van der Waals surface area (Å²) in [5.74, 6) is 0.139. The van der Waals surface area contributed by atoms with E-state index in [-0.39, 0.29) is 11.3 Å². The molecule has 1 amide bonds. The smallest absolute Gasteiger partial charge is 0.226 e. The average molecular weight is 296 g/mol. The molecule has 0 saturated heterocycles. The van der Waals surface area contributed by atoms with Crippen molar-refractivity contribution in [3.8, 4) is 0 Å². The van der Waals surface area contributed by atoms with E-state index in [0.29, 0.717) is 0 Å². The Morgan fingerprint density at radius 2 is 1.82 bits per heavy atom. The van der Waals surface area contributed by atoms with Crippen LogP contribution < -0.4 is 10.6 Å². The summed E-state index contributed by atoms with van der Waals surface area (Å²) >= 11 is 0. The summed E-state index contributed by atoms with van der Waals surface area (Å²) in [5, 5.41) is 8.71. The van der Waals surface area contributed by atoms with Crippen molar-refractivity contribution in [2.75, 3.05) is 13.6 Å². The van der Waals surface area contributed by atoms with Gasteiger partial charge in [-0.05, 0) is 52.9 Å². The van der Waals surface area contributed by atoms with Gasteiger partial charge in [0.25, 0.3) is 0 Å². The summed E-state index contributed by atoms with van der Waals surface area (Å²) in [7, 11) is 1.72. The molecule has 1 aliphatic carbocycles. The van der Waals surface area contributed by atoms with E-state index in [4.69, 9.17) is 0 Å². The first-order valence-electron chi connectivity index (χ1n) is 8.03. The van der Waals surface area contributed by atoms with Gasteiger partial charge < -0.3 is 10.6 Å². The number of nitrogens with one attached hydrogen (secondary N) is 2. The molecule has 22 heavy (non-hydrogen) atoms. The van der Waals surface area contributed by atoms with Crippen molar-refractivity contribution in [1.82, 2.24) is 10.6 Å². The predicted octanol–water partition coefficient (Wildman–Crippen LogP) is 2.80. The van der Waals surface area contributed by atoms with Gasteiger partial charge in [0.2, 0.25) is 5.91 Å². The fraction of sp³-hybridized carbons (Fsp3) is 0.421. The maximum atomic E-state index is 12.2. The molecule has 2 aromatic carbocycles. The molecule has 2 aromatic rings. The molecule has 0 spiro atoms. The van der Waals surface area contributed by atoms with E-state index in [0.717, 1.165) is 25.9 Å². The van der Waals surface area contributed by atoms with E-state index in [1.165, 1.54) is 27.5 Å². The summed E-state index contributed by atoms with van der Waals surface area (Å²) in [4.78, 5) is 12.2. The normalized spacial score (nSPS) is 20.1. The number of rotatable bonds is 4. The van der Waals surface area contributed by atoms with E-state index in [2.05, 4.69) is 54.8 Å². The van der Waals surface area contributed by atoms with Crippen LogP contribution in [-0.4, -0.2) is 19.5 Å². The highest BCUT2D eigenvalue weighted by Gasteiger charge is 2.38. The van der Waals surface area contributed by atoms with Crippen molar-refractivity contribution in [3.63, 3.8) is 0 Å². The molecular weight excluding hydrogens is 272 g/mol. The van der Waals surface area contributed by atoms with Crippen molar-refractivity contribution in [2.45, 2.75) is 33.2 Å². The van der Waals surface area contributed by atoms with E-state index >= 15 is 0 Å². The molecule has 3 nitrogen and oxygen atoms in total. The third kappa shape index (κ3) is 2.61. The Hall–Kier alpha value is -1.87. The Morgan fingerprint density at radius 3 is 2.45 bits per heavy atom. The third-order valence-electron chi connectivity index (χ3n) is 4.74. The zero-order valence-corrected chi connectivity index (χ0v) is 13.6. The van der Waals surface area contributed by atoms with Gasteiger partial charge in [0.1, 0.15) is 0 Å². The molecule has 0 heterocycles. The number of hydrogen-bond acceptors (Lipinski definition) is 2. The summed E-state index contributed by atoms with van der Waals surface area (Å²) in [6.45, 7) is 6.06. The number of benzene rings is 2. The lowest BCUT2D eigenvalue weighted by atomic mass is 9.86. The van der Waals surface area contributed by atoms with Gasteiger partial charge in [0.05, 0.1) is 5.41 Å². The predicted molar refractivity (Wildman–Crippen MR) is 90.9 cm³/mol. The first-order chi connectivity index (χ1) is 10.6. The van der Waals surface area contributed by atoms with Crippen LogP contribution in [0.3, 0.4) is 0 Å². The zero-order chi connectivity index (χ0) is 15.7. The number of carbonyl (C=O) groups is 1. The SMILES string of the molecule is CCNCc1ccc2cc3c(cc2c1)CC(C)(C(=O)NC)C3. The van der Waals surface area contributed by atoms with Crippen molar-refractivity contribution >= 4 is 16.7 Å². The van der Waals surface area contributed by atoms with Crippen LogP contribution in [0, 0.1) is 5.41 Å². The summed E-state index contributed by atoms with van der Waals surface area (Å²) in [6.07, 6.45) is 1.66. The fourth-order valence-electron chi connectivity index (χ4n) is 3.52. The first-order valence-corrected chi connectivity index (χ1v) is 8.03. The number of fused-ring (bicyclic) bond motifs is 2. The second-order valence-corrected chi connectivity index (χ2v) is 6.58. The molecule has 3 heteroatoms. The van der Waals surface area contributed by atoms with Gasteiger partial charge in [-0.1, -0.05) is 38.1 Å². The van der Waals surface area contributed by atoms with Crippen LogP contribution in [0.4, 0.5) is 0 Å². The molecule has 116 valence electrons. The first kappa shape index (κ1) is 15.0. The molecule has 0 bridgehead atoms. The van der Waals surface area contributed by atoms with Gasteiger partial charge in [0.15, 0.2) is 0 Å². The van der Waals surface area contributed by atoms with Crippen LogP contribution in [-0.2, 0) is 24.2 Å². The van der Waals surface area contributed by atoms with Gasteiger partial charge in [0, 0.05) is 13.6 Å². The Bertz CT molecular complexity index is 723. The monoisotopic (exact) mass is 296 g/mol. The fourth-order valence-corrected chi connectivity index (χ4v) is 3.52. The van der Waals surface area contributed by atoms with Crippen molar-refractivity contribution in [3.05, 3.63) is 47.0 Å². The average Bonchev–Trinajstić information content (AvgIpc) is 2.85. The van der Waals surface area contributed by atoms with E-state index < -0.39 is 0 Å². The highest BCUT2D eigenvalue weighted by Crippen LogP contribution is 2.38. The molecule has 2 N–H and O–H groups in total. The van der Waals surface area contributed by atoms with Crippen LogP contribution in [0.2, 0.25) is 0 Å². The highest BCUT2D eigenvalue weighted by atomic mass is 16.2. The lowest BCUT2D eigenvalue weighted by Gasteiger charge is -2.20. The summed E-state index contributed by atoms with van der Waals surface area (Å²) < 4.78 is 0. The standard InChI is InChI=1S/C19H24N2O/c1-4-21-12-13-5-6-14-8-16-10-19(2,18(22)20-3)11-17(16)9-15(14)7-13/h5-9,21H,4,10-12H2,1-3H3,(H,20,22). The molecule has 1 atom stereocenters. The zero-order valence-electron chi connectivity index (χ0n) is 13.6. The summed E-state index contributed by atoms with van der Waals surface area (Å²) in [5.41, 5.74) is 3.64. The van der Waals surface area contributed by atoms with Gasteiger partial charge in [-0.2, -0.15) is 0 Å². The van der Waals surface area contributed by atoms with Gasteiger partial charge in [-0.25, -0.2) is 0 Å². The van der Waals surface area contributed by atoms with E-state index in [1.807, 2.05) is 0 Å². The van der Waals surface area contributed by atoms with Crippen molar-refractivity contribution < 1.29 is 4.79 Å². The van der Waals surface area contributed by atoms with Crippen LogP contribution in [0.25, 0.3) is 10.8 Å². The molecular formula is C19H24N2O. The minimum Gasteiger partial charge on any atom is -0.359 e. The Kier molecular flexibility index (Phi) is 3.92. The highest BCUT2D eigenvalue weighted by molar-refractivity contribution is 5.88. The minimum atomic E-state index is -0.305. The minimum absolute atomic E-state index is 0.139. The number of carbonyl (C=O) groups excluding carboxylic acids is 1. The number of hydrogen-bond donors (Lipinski definition) is 2. The third-order valence-corrected chi connectivity index (χ3v) is 4.74.